The molecule has 0 spiro atoms. The molecule has 0 aliphatic rings. The monoisotopic (exact) mass is 201 g/mol. The lowest BCUT2D eigenvalue weighted by atomic mass is 10.2. The van der Waals surface area contributed by atoms with Crippen LogP contribution in [0, 0.1) is 0 Å². The second-order valence-corrected chi connectivity index (χ2v) is 3.33. The minimum absolute atomic E-state index is 0.460. The van der Waals surface area contributed by atoms with E-state index >= 15 is 0 Å². The third kappa shape index (κ3) is 1.88. The van der Waals surface area contributed by atoms with Crippen molar-refractivity contribution in [2.24, 2.45) is 0 Å². The van der Waals surface area contributed by atoms with E-state index in [9.17, 15) is 0 Å². The lowest BCUT2D eigenvalue weighted by molar-refractivity contribution is 0.408. The lowest BCUT2D eigenvalue weighted by Crippen LogP contribution is -1.85. The van der Waals surface area contributed by atoms with Crippen molar-refractivity contribution in [3.63, 3.8) is 0 Å². The van der Waals surface area contributed by atoms with Crippen molar-refractivity contribution >= 4 is 11.3 Å². The summed E-state index contributed by atoms with van der Waals surface area (Å²) >= 11 is 0. The summed E-state index contributed by atoms with van der Waals surface area (Å²) in [6.07, 6.45) is 0. The number of hydrogen-bond acceptors (Lipinski definition) is 4. The van der Waals surface area contributed by atoms with E-state index in [0.717, 1.165) is 11.1 Å². The van der Waals surface area contributed by atoms with Crippen LogP contribution in [-0.4, -0.2) is 10.1 Å². The van der Waals surface area contributed by atoms with Crippen molar-refractivity contribution in [3.8, 4) is 11.4 Å². The molecule has 0 unspecified atom stereocenters. The van der Waals surface area contributed by atoms with E-state index < -0.39 is 0 Å². The van der Waals surface area contributed by atoms with Gasteiger partial charge in [-0.25, -0.2) is 0 Å². The largest absolute Gasteiger partial charge is 0.399 e. The molecule has 0 saturated heterocycles. The second kappa shape index (κ2) is 3.57. The predicted octanol–water partition coefficient (Wildman–Crippen LogP) is 2.35. The molecule has 1 heterocycles. The Morgan fingerprint density at radius 3 is 2.53 bits per heavy atom. The molecule has 0 saturated carbocycles. The first-order valence-corrected chi connectivity index (χ1v) is 4.52. The zero-order valence-electron chi connectivity index (χ0n) is 8.40. The van der Waals surface area contributed by atoms with Crippen LogP contribution in [0.2, 0.25) is 0 Å². The van der Waals surface area contributed by atoms with Crippen LogP contribution in [0.25, 0.3) is 17.0 Å². The Kier molecular flexibility index (Phi) is 2.25. The van der Waals surface area contributed by atoms with Crippen molar-refractivity contribution in [1.82, 2.24) is 10.1 Å². The lowest BCUT2D eigenvalue weighted by Gasteiger charge is -1.94. The highest BCUT2D eigenvalue weighted by Gasteiger charge is 2.08. The third-order valence-electron chi connectivity index (χ3n) is 1.96. The first-order valence-electron chi connectivity index (χ1n) is 4.52. The van der Waals surface area contributed by atoms with Crippen molar-refractivity contribution < 1.29 is 4.52 Å². The summed E-state index contributed by atoms with van der Waals surface area (Å²) in [4.78, 5) is 4.19. The van der Waals surface area contributed by atoms with Gasteiger partial charge in [0.1, 0.15) is 0 Å². The molecule has 0 aliphatic carbocycles. The maximum atomic E-state index is 5.58. The van der Waals surface area contributed by atoms with Gasteiger partial charge in [0, 0.05) is 16.8 Å². The number of aromatic nitrogens is 2. The quantitative estimate of drug-likeness (QED) is 0.757. The first-order chi connectivity index (χ1) is 7.16. The zero-order chi connectivity index (χ0) is 10.8. The number of hydrogen-bond donors (Lipinski definition) is 1. The fourth-order valence-corrected chi connectivity index (χ4v) is 1.15. The summed E-state index contributed by atoms with van der Waals surface area (Å²) in [5.41, 5.74) is 7.92. The van der Waals surface area contributed by atoms with E-state index in [1.165, 1.54) is 0 Å². The number of nitrogens with zero attached hydrogens (tertiary/aromatic N) is 2. The van der Waals surface area contributed by atoms with Gasteiger partial charge in [0.2, 0.25) is 5.82 Å². The molecular weight excluding hydrogens is 190 g/mol. The summed E-state index contributed by atoms with van der Waals surface area (Å²) < 4.78 is 5.02. The van der Waals surface area contributed by atoms with Gasteiger partial charge in [-0.3, -0.25) is 0 Å². The number of benzene rings is 1. The maximum Gasteiger partial charge on any atom is 0.253 e. The number of anilines is 1. The van der Waals surface area contributed by atoms with Crippen molar-refractivity contribution in [1.29, 1.82) is 0 Å². The Bertz CT molecular complexity index is 485. The van der Waals surface area contributed by atoms with E-state index in [1.807, 2.05) is 19.1 Å². The molecule has 1 aromatic carbocycles. The van der Waals surface area contributed by atoms with E-state index in [2.05, 4.69) is 16.7 Å². The Hall–Kier alpha value is -2.10. The van der Waals surface area contributed by atoms with Gasteiger partial charge < -0.3 is 10.3 Å². The molecule has 15 heavy (non-hydrogen) atoms. The molecule has 2 rings (SSSR count). The predicted molar refractivity (Wildman–Crippen MR) is 58.9 cm³/mol. The van der Waals surface area contributed by atoms with Gasteiger partial charge in [0.15, 0.2) is 0 Å². The molecule has 0 bridgehead atoms. The first kappa shape index (κ1) is 9.45. The smallest absolute Gasteiger partial charge is 0.253 e. The Balaban J connectivity index is 2.37. The minimum atomic E-state index is 0.460. The normalized spacial score (nSPS) is 10.2. The van der Waals surface area contributed by atoms with Gasteiger partial charge in [-0.2, -0.15) is 4.98 Å². The van der Waals surface area contributed by atoms with Gasteiger partial charge in [-0.05, 0) is 31.2 Å². The van der Waals surface area contributed by atoms with Crippen LogP contribution in [0.15, 0.2) is 35.4 Å². The highest BCUT2D eigenvalue weighted by molar-refractivity contribution is 5.60. The Morgan fingerprint density at radius 2 is 2.00 bits per heavy atom. The van der Waals surface area contributed by atoms with Crippen LogP contribution in [0.4, 0.5) is 5.69 Å². The highest BCUT2D eigenvalue weighted by Crippen LogP contribution is 2.19. The van der Waals surface area contributed by atoms with Gasteiger partial charge in [-0.1, -0.05) is 11.7 Å². The third-order valence-corrected chi connectivity index (χ3v) is 1.96. The fourth-order valence-electron chi connectivity index (χ4n) is 1.15. The summed E-state index contributed by atoms with van der Waals surface area (Å²) in [6.45, 7) is 5.55. The van der Waals surface area contributed by atoms with E-state index in [4.69, 9.17) is 10.3 Å². The molecule has 0 atom stereocenters. The van der Waals surface area contributed by atoms with E-state index in [-0.39, 0.29) is 0 Å². The van der Waals surface area contributed by atoms with Crippen LogP contribution < -0.4 is 5.73 Å². The van der Waals surface area contributed by atoms with Crippen LogP contribution in [0.5, 0.6) is 0 Å². The maximum absolute atomic E-state index is 5.58. The van der Waals surface area contributed by atoms with Gasteiger partial charge in [0.05, 0.1) is 0 Å². The SMILES string of the molecule is C=C(C)c1nc(-c2ccc(N)cc2)no1. The average Bonchev–Trinajstić information content (AvgIpc) is 2.68. The molecule has 76 valence electrons. The molecular formula is C11H11N3O. The molecule has 0 amide bonds. The number of nitrogen functional groups attached to an aromatic ring is 1. The van der Waals surface area contributed by atoms with E-state index in [1.54, 1.807) is 12.1 Å². The van der Waals surface area contributed by atoms with Gasteiger partial charge >= 0.3 is 0 Å². The molecule has 4 heteroatoms. The summed E-state index contributed by atoms with van der Waals surface area (Å²) in [5, 5.41) is 3.85. The Morgan fingerprint density at radius 1 is 1.33 bits per heavy atom. The summed E-state index contributed by atoms with van der Waals surface area (Å²) in [5.74, 6) is 1.01. The van der Waals surface area contributed by atoms with Crippen LogP contribution >= 0.6 is 0 Å². The number of rotatable bonds is 2. The van der Waals surface area contributed by atoms with E-state index in [0.29, 0.717) is 17.4 Å². The Labute approximate surface area is 87.4 Å². The zero-order valence-corrected chi connectivity index (χ0v) is 8.40. The minimum Gasteiger partial charge on any atom is -0.399 e. The van der Waals surface area contributed by atoms with Crippen molar-refractivity contribution in [3.05, 3.63) is 36.7 Å². The van der Waals surface area contributed by atoms with Crippen molar-refractivity contribution in [2.45, 2.75) is 6.92 Å². The molecule has 2 aromatic rings. The highest BCUT2D eigenvalue weighted by atomic mass is 16.5. The molecule has 4 nitrogen and oxygen atoms in total. The van der Waals surface area contributed by atoms with Gasteiger partial charge in [0.25, 0.3) is 5.89 Å². The molecule has 0 radical (unpaired) electrons. The fraction of sp³-hybridized carbons (Fsp3) is 0.0909. The standard InChI is InChI=1S/C11H11N3O/c1-7(2)11-13-10(14-15-11)8-3-5-9(12)6-4-8/h3-6H,1,12H2,2H3. The molecule has 0 fully saturated rings. The summed E-state index contributed by atoms with van der Waals surface area (Å²) in [7, 11) is 0. The van der Waals surface area contributed by atoms with Gasteiger partial charge in [-0.15, -0.1) is 0 Å². The molecule has 1 aromatic heterocycles. The summed E-state index contributed by atoms with van der Waals surface area (Å²) in [6, 6.07) is 7.29. The van der Waals surface area contributed by atoms with Crippen LogP contribution in [-0.2, 0) is 0 Å². The molecule has 2 N–H and O–H groups in total. The average molecular weight is 201 g/mol. The molecule has 0 aliphatic heterocycles. The van der Waals surface area contributed by atoms with Crippen molar-refractivity contribution in [2.75, 3.05) is 5.73 Å². The topological polar surface area (TPSA) is 64.9 Å². The van der Waals surface area contributed by atoms with Crippen LogP contribution in [0.3, 0.4) is 0 Å². The van der Waals surface area contributed by atoms with Crippen LogP contribution in [0.1, 0.15) is 12.8 Å². The second-order valence-electron chi connectivity index (χ2n) is 3.33. The number of allylic oxidation sites excluding steroid dienone is 1. The number of nitrogens with two attached hydrogens (primary N) is 1.